The molecule has 0 amide bonds. The lowest BCUT2D eigenvalue weighted by atomic mass is 10.1. The summed E-state index contributed by atoms with van der Waals surface area (Å²) < 4.78 is 33.2. The Bertz CT molecular complexity index is 590. The highest BCUT2D eigenvalue weighted by Gasteiger charge is 2.31. The topological polar surface area (TPSA) is 72.6 Å². The molecule has 1 fully saturated rings. The van der Waals surface area contributed by atoms with Crippen LogP contribution in [-0.2, 0) is 21.3 Å². The predicted octanol–water partition coefficient (Wildman–Crippen LogP) is 2.10. The van der Waals surface area contributed by atoms with E-state index < -0.39 is 10.0 Å². The van der Waals surface area contributed by atoms with E-state index in [-0.39, 0.29) is 11.0 Å². The summed E-state index contributed by atoms with van der Waals surface area (Å²) in [5.41, 5.74) is 6.47. The summed E-state index contributed by atoms with van der Waals surface area (Å²) in [6, 6.07) is 5.13. The van der Waals surface area contributed by atoms with Gasteiger partial charge >= 0.3 is 0 Å². The summed E-state index contributed by atoms with van der Waals surface area (Å²) in [6.45, 7) is 3.87. The Morgan fingerprint density at radius 1 is 1.48 bits per heavy atom. The van der Waals surface area contributed by atoms with Gasteiger partial charge in [0.2, 0.25) is 10.0 Å². The normalized spacial score (nSPS) is 20.6. The number of hydrogen-bond donors (Lipinski definition) is 1. The van der Waals surface area contributed by atoms with E-state index >= 15 is 0 Å². The molecule has 2 rings (SSSR count). The first-order chi connectivity index (χ1) is 9.98. The van der Waals surface area contributed by atoms with E-state index in [0.717, 1.165) is 18.4 Å². The van der Waals surface area contributed by atoms with Crippen LogP contribution in [0.1, 0.15) is 25.3 Å². The predicted molar refractivity (Wildman–Crippen MR) is 85.4 cm³/mol. The second kappa shape index (κ2) is 7.19. The molecule has 0 saturated carbocycles. The van der Waals surface area contributed by atoms with Crippen molar-refractivity contribution >= 4 is 26.0 Å². The van der Waals surface area contributed by atoms with Crippen molar-refractivity contribution in [3.05, 3.63) is 28.2 Å². The zero-order valence-corrected chi connectivity index (χ0v) is 14.5. The summed E-state index contributed by atoms with van der Waals surface area (Å²) >= 11 is 3.34. The van der Waals surface area contributed by atoms with Crippen LogP contribution in [0.4, 0.5) is 0 Å². The minimum atomic E-state index is -3.50. The van der Waals surface area contributed by atoms with Crippen LogP contribution in [0.3, 0.4) is 0 Å². The van der Waals surface area contributed by atoms with E-state index in [1.54, 1.807) is 18.2 Å². The largest absolute Gasteiger partial charge is 0.377 e. The Morgan fingerprint density at radius 2 is 2.24 bits per heavy atom. The molecule has 1 heterocycles. The van der Waals surface area contributed by atoms with Crippen LogP contribution >= 0.6 is 15.9 Å². The van der Waals surface area contributed by atoms with Crippen molar-refractivity contribution in [2.24, 2.45) is 5.73 Å². The first-order valence-corrected chi connectivity index (χ1v) is 9.32. The maximum absolute atomic E-state index is 12.8. The molecule has 0 radical (unpaired) electrons. The Balaban J connectivity index is 2.25. The van der Waals surface area contributed by atoms with Crippen molar-refractivity contribution in [2.45, 2.75) is 37.3 Å². The van der Waals surface area contributed by atoms with Gasteiger partial charge in [-0.1, -0.05) is 6.07 Å². The third-order valence-corrected chi connectivity index (χ3v) is 6.43. The molecule has 7 heteroatoms. The number of hydrogen-bond acceptors (Lipinski definition) is 4. The second-order valence-electron chi connectivity index (χ2n) is 5.05. The maximum atomic E-state index is 12.8. The smallest absolute Gasteiger partial charge is 0.244 e. The lowest BCUT2D eigenvalue weighted by molar-refractivity contribution is 0.0265. The molecule has 1 aliphatic heterocycles. The van der Waals surface area contributed by atoms with Crippen molar-refractivity contribution in [1.29, 1.82) is 0 Å². The zero-order valence-electron chi connectivity index (χ0n) is 12.1. The molecule has 1 saturated heterocycles. The second-order valence-corrected chi connectivity index (χ2v) is 7.81. The van der Waals surface area contributed by atoms with E-state index in [9.17, 15) is 8.42 Å². The van der Waals surface area contributed by atoms with Gasteiger partial charge in [0.15, 0.2) is 0 Å². The van der Waals surface area contributed by atoms with Crippen molar-refractivity contribution in [3.8, 4) is 0 Å². The van der Waals surface area contributed by atoms with Gasteiger partial charge in [-0.3, -0.25) is 0 Å². The molecule has 1 aromatic carbocycles. The van der Waals surface area contributed by atoms with Gasteiger partial charge in [0.25, 0.3) is 0 Å². The van der Waals surface area contributed by atoms with E-state index in [0.29, 0.717) is 30.7 Å². The van der Waals surface area contributed by atoms with Crippen LogP contribution in [-0.4, -0.2) is 38.5 Å². The fourth-order valence-corrected chi connectivity index (χ4v) is 5.11. The summed E-state index contributed by atoms with van der Waals surface area (Å²) in [7, 11) is -3.50. The lowest BCUT2D eigenvalue weighted by Crippen LogP contribution is -2.43. The summed E-state index contributed by atoms with van der Waals surface area (Å²) in [5, 5.41) is 0. The van der Waals surface area contributed by atoms with Crippen LogP contribution < -0.4 is 5.73 Å². The molecule has 1 atom stereocenters. The van der Waals surface area contributed by atoms with Crippen LogP contribution in [0.2, 0.25) is 0 Å². The fourth-order valence-electron chi connectivity index (χ4n) is 2.51. The van der Waals surface area contributed by atoms with E-state index in [2.05, 4.69) is 15.9 Å². The molecule has 2 N–H and O–H groups in total. The van der Waals surface area contributed by atoms with Gasteiger partial charge in [0.1, 0.15) is 0 Å². The molecule has 1 aliphatic rings. The van der Waals surface area contributed by atoms with Gasteiger partial charge in [-0.05, 0) is 53.4 Å². The first kappa shape index (κ1) is 16.9. The van der Waals surface area contributed by atoms with Crippen molar-refractivity contribution in [2.75, 3.05) is 19.7 Å². The molecule has 0 bridgehead atoms. The Hall–Kier alpha value is -0.470. The van der Waals surface area contributed by atoms with Gasteiger partial charge < -0.3 is 10.5 Å². The number of nitrogens with zero attached hydrogens (tertiary/aromatic N) is 1. The number of nitrogens with two attached hydrogens (primary N) is 1. The minimum absolute atomic E-state index is 0.0133. The number of sulfonamides is 1. The zero-order chi connectivity index (χ0) is 15.5. The molecule has 118 valence electrons. The maximum Gasteiger partial charge on any atom is 0.244 e. The number of benzene rings is 1. The quantitative estimate of drug-likeness (QED) is 0.853. The lowest BCUT2D eigenvalue weighted by Gasteiger charge is -2.31. The molecular formula is C14H21BrN2O3S. The van der Waals surface area contributed by atoms with Crippen LogP contribution in [0, 0.1) is 0 Å². The first-order valence-electron chi connectivity index (χ1n) is 7.09. The van der Waals surface area contributed by atoms with Crippen LogP contribution in [0.15, 0.2) is 27.6 Å². The van der Waals surface area contributed by atoms with Gasteiger partial charge in [0.05, 0.1) is 11.0 Å². The fraction of sp³-hybridized carbons (Fsp3) is 0.571. The van der Waals surface area contributed by atoms with Gasteiger partial charge in [-0.15, -0.1) is 0 Å². The highest BCUT2D eigenvalue weighted by Crippen LogP contribution is 2.28. The number of piperidine rings is 1. The standard InChI is InChI=1S/C14H21BrN2O3S/c1-2-20-12-4-3-7-17(10-12)21(18,19)14-6-5-11(9-16)8-13(14)15/h5-6,8,12H,2-4,7,9-10,16H2,1H3. The van der Waals surface area contributed by atoms with E-state index in [1.165, 1.54) is 4.31 Å². The summed E-state index contributed by atoms with van der Waals surface area (Å²) in [4.78, 5) is 0.289. The molecule has 0 aromatic heterocycles. The molecule has 1 aromatic rings. The molecule has 5 nitrogen and oxygen atoms in total. The van der Waals surface area contributed by atoms with E-state index in [1.807, 2.05) is 6.92 Å². The highest BCUT2D eigenvalue weighted by atomic mass is 79.9. The Labute approximate surface area is 134 Å². The third kappa shape index (κ3) is 3.84. The molecular weight excluding hydrogens is 356 g/mol. The molecule has 21 heavy (non-hydrogen) atoms. The Kier molecular flexibility index (Phi) is 5.79. The van der Waals surface area contributed by atoms with E-state index in [4.69, 9.17) is 10.5 Å². The van der Waals surface area contributed by atoms with Crippen LogP contribution in [0.5, 0.6) is 0 Å². The molecule has 0 aliphatic carbocycles. The highest BCUT2D eigenvalue weighted by molar-refractivity contribution is 9.10. The van der Waals surface area contributed by atoms with Crippen molar-refractivity contribution in [3.63, 3.8) is 0 Å². The molecule has 1 unspecified atom stereocenters. The summed E-state index contributed by atoms with van der Waals surface area (Å²) in [5.74, 6) is 0. The van der Waals surface area contributed by atoms with Crippen LogP contribution in [0.25, 0.3) is 0 Å². The molecule has 0 spiro atoms. The third-order valence-electron chi connectivity index (χ3n) is 3.59. The summed E-state index contributed by atoms with van der Waals surface area (Å²) in [6.07, 6.45) is 1.72. The van der Waals surface area contributed by atoms with Crippen molar-refractivity contribution < 1.29 is 13.2 Å². The minimum Gasteiger partial charge on any atom is -0.377 e. The van der Waals surface area contributed by atoms with Crippen molar-refractivity contribution in [1.82, 2.24) is 4.31 Å². The van der Waals surface area contributed by atoms with Gasteiger partial charge in [0, 0.05) is 30.7 Å². The monoisotopic (exact) mass is 376 g/mol. The average molecular weight is 377 g/mol. The van der Waals surface area contributed by atoms with Gasteiger partial charge in [-0.2, -0.15) is 4.31 Å². The number of rotatable bonds is 5. The SMILES string of the molecule is CCOC1CCCN(S(=O)(=O)c2ccc(CN)cc2Br)C1. The number of ether oxygens (including phenoxy) is 1. The average Bonchev–Trinajstić information content (AvgIpc) is 2.47. The Morgan fingerprint density at radius 3 is 2.86 bits per heavy atom. The van der Waals surface area contributed by atoms with Gasteiger partial charge in [-0.25, -0.2) is 8.42 Å². The number of halogens is 1.